The van der Waals surface area contributed by atoms with Crippen molar-refractivity contribution in [2.75, 3.05) is 6.54 Å². The molecule has 3 heteroatoms. The summed E-state index contributed by atoms with van der Waals surface area (Å²) in [6, 6.07) is 8.89. The highest BCUT2D eigenvalue weighted by atomic mass is 19.1. The first-order chi connectivity index (χ1) is 8.69. The lowest BCUT2D eigenvalue weighted by atomic mass is 10.0. The fourth-order valence-electron chi connectivity index (χ4n) is 2.06. The summed E-state index contributed by atoms with van der Waals surface area (Å²) in [6.07, 6.45) is 2.61. The molecule has 0 bridgehead atoms. The summed E-state index contributed by atoms with van der Waals surface area (Å²) >= 11 is 0. The molecule has 0 aliphatic heterocycles. The number of rotatable bonds is 5. The normalized spacial score (nSPS) is 12.6. The van der Waals surface area contributed by atoms with Gasteiger partial charge in [-0.3, -0.25) is 0 Å². The number of benzene rings is 1. The van der Waals surface area contributed by atoms with Crippen LogP contribution in [-0.4, -0.2) is 6.54 Å². The van der Waals surface area contributed by atoms with Crippen LogP contribution >= 0.6 is 0 Å². The lowest BCUT2D eigenvalue weighted by Gasteiger charge is -2.16. The summed E-state index contributed by atoms with van der Waals surface area (Å²) in [6.45, 7) is 4.89. The average molecular weight is 247 g/mol. The Morgan fingerprint density at radius 3 is 2.56 bits per heavy atom. The Hall–Kier alpha value is -1.61. The van der Waals surface area contributed by atoms with Crippen molar-refractivity contribution in [3.63, 3.8) is 0 Å². The Morgan fingerprint density at radius 2 is 2.00 bits per heavy atom. The molecule has 0 amide bonds. The Labute approximate surface area is 107 Å². The molecular weight excluding hydrogens is 229 g/mol. The number of likely N-dealkylation sites (N-methyl/N-ethyl adjacent to an activating group) is 1. The summed E-state index contributed by atoms with van der Waals surface area (Å²) in [5.74, 6) is 0.713. The first-order valence-corrected chi connectivity index (χ1v) is 6.22. The number of furan rings is 1. The van der Waals surface area contributed by atoms with E-state index in [0.29, 0.717) is 0 Å². The molecule has 96 valence electrons. The Kier molecular flexibility index (Phi) is 4.15. The maximum Gasteiger partial charge on any atom is 0.123 e. The Morgan fingerprint density at radius 1 is 1.28 bits per heavy atom. The highest BCUT2D eigenvalue weighted by Gasteiger charge is 2.13. The third kappa shape index (κ3) is 3.20. The molecule has 2 aromatic rings. The van der Waals surface area contributed by atoms with Crippen molar-refractivity contribution in [1.29, 1.82) is 0 Å². The second-order valence-corrected chi connectivity index (χ2v) is 4.43. The van der Waals surface area contributed by atoms with Gasteiger partial charge in [-0.25, -0.2) is 4.39 Å². The molecule has 0 saturated heterocycles. The zero-order valence-corrected chi connectivity index (χ0v) is 10.7. The molecular formula is C15H18FNO. The fourth-order valence-corrected chi connectivity index (χ4v) is 2.06. The molecule has 0 aliphatic carbocycles. The van der Waals surface area contributed by atoms with Gasteiger partial charge in [-0.05, 0) is 43.7 Å². The van der Waals surface area contributed by atoms with Crippen LogP contribution in [0.3, 0.4) is 0 Å². The summed E-state index contributed by atoms with van der Waals surface area (Å²) in [7, 11) is 0. The van der Waals surface area contributed by atoms with Crippen LogP contribution in [-0.2, 0) is 6.42 Å². The van der Waals surface area contributed by atoms with Crippen LogP contribution in [0.25, 0.3) is 0 Å². The van der Waals surface area contributed by atoms with Crippen molar-refractivity contribution < 1.29 is 8.81 Å². The van der Waals surface area contributed by atoms with Gasteiger partial charge in [0.25, 0.3) is 0 Å². The van der Waals surface area contributed by atoms with Crippen molar-refractivity contribution in [3.05, 3.63) is 59.3 Å². The maximum absolute atomic E-state index is 12.9. The van der Waals surface area contributed by atoms with E-state index in [1.165, 1.54) is 12.1 Å². The minimum Gasteiger partial charge on any atom is -0.469 e. The quantitative estimate of drug-likeness (QED) is 0.873. The van der Waals surface area contributed by atoms with Crippen molar-refractivity contribution in [2.24, 2.45) is 0 Å². The van der Waals surface area contributed by atoms with Gasteiger partial charge in [0, 0.05) is 11.6 Å². The van der Waals surface area contributed by atoms with Crippen molar-refractivity contribution in [3.8, 4) is 0 Å². The molecule has 0 aliphatic rings. The summed E-state index contributed by atoms with van der Waals surface area (Å²) in [5.41, 5.74) is 2.25. The van der Waals surface area contributed by atoms with Crippen LogP contribution < -0.4 is 5.32 Å². The van der Waals surface area contributed by atoms with E-state index in [1.807, 2.05) is 25.1 Å². The maximum atomic E-state index is 12.9. The monoisotopic (exact) mass is 247 g/mol. The predicted molar refractivity (Wildman–Crippen MR) is 70.0 cm³/mol. The molecule has 1 N–H and O–H groups in total. The second-order valence-electron chi connectivity index (χ2n) is 4.43. The zero-order chi connectivity index (χ0) is 13.0. The predicted octanol–water partition coefficient (Wildman–Crippen LogP) is 3.62. The molecule has 18 heavy (non-hydrogen) atoms. The molecule has 1 heterocycles. The van der Waals surface area contributed by atoms with Crippen molar-refractivity contribution in [2.45, 2.75) is 26.3 Å². The van der Waals surface area contributed by atoms with Gasteiger partial charge in [0.05, 0.1) is 6.26 Å². The molecule has 1 unspecified atom stereocenters. The number of aryl methyl sites for hydroxylation is 1. The van der Waals surface area contributed by atoms with Gasteiger partial charge in [0.1, 0.15) is 11.6 Å². The minimum absolute atomic E-state index is 0.196. The molecule has 0 spiro atoms. The Bertz CT molecular complexity index is 489. The van der Waals surface area contributed by atoms with Gasteiger partial charge >= 0.3 is 0 Å². The molecule has 2 rings (SSSR count). The smallest absolute Gasteiger partial charge is 0.123 e. The number of halogens is 1. The van der Waals surface area contributed by atoms with Gasteiger partial charge < -0.3 is 9.73 Å². The lowest BCUT2D eigenvalue weighted by molar-refractivity contribution is 0.511. The molecule has 0 radical (unpaired) electrons. The number of hydrogen-bond acceptors (Lipinski definition) is 2. The first kappa shape index (κ1) is 12.8. The van der Waals surface area contributed by atoms with Crippen LogP contribution in [0.15, 0.2) is 41.0 Å². The molecule has 2 nitrogen and oxygen atoms in total. The van der Waals surface area contributed by atoms with Gasteiger partial charge in [-0.15, -0.1) is 0 Å². The van der Waals surface area contributed by atoms with Gasteiger partial charge in [0.15, 0.2) is 0 Å². The topological polar surface area (TPSA) is 25.2 Å². The van der Waals surface area contributed by atoms with Crippen molar-refractivity contribution >= 4 is 0 Å². The first-order valence-electron chi connectivity index (χ1n) is 6.22. The SMILES string of the molecule is CCNC(Cc1ccc(F)cc1)c1coc(C)c1. The van der Waals surface area contributed by atoms with Gasteiger partial charge in [0.2, 0.25) is 0 Å². The van der Waals surface area contributed by atoms with E-state index in [2.05, 4.69) is 12.2 Å². The highest BCUT2D eigenvalue weighted by Crippen LogP contribution is 2.20. The highest BCUT2D eigenvalue weighted by molar-refractivity contribution is 5.23. The van der Waals surface area contributed by atoms with E-state index in [9.17, 15) is 4.39 Å². The summed E-state index contributed by atoms with van der Waals surface area (Å²) in [4.78, 5) is 0. The molecule has 1 aromatic heterocycles. The molecule has 0 saturated carbocycles. The Balaban J connectivity index is 2.13. The van der Waals surface area contributed by atoms with E-state index in [4.69, 9.17) is 4.42 Å². The molecule has 1 atom stereocenters. The van der Waals surface area contributed by atoms with Crippen molar-refractivity contribution in [1.82, 2.24) is 5.32 Å². The van der Waals surface area contributed by atoms with Crippen LogP contribution in [0, 0.1) is 12.7 Å². The summed E-state index contributed by atoms with van der Waals surface area (Å²) < 4.78 is 18.2. The molecule has 0 fully saturated rings. The molecule has 1 aromatic carbocycles. The van der Waals surface area contributed by atoms with Crippen LogP contribution in [0.2, 0.25) is 0 Å². The van der Waals surface area contributed by atoms with E-state index >= 15 is 0 Å². The van der Waals surface area contributed by atoms with E-state index < -0.39 is 0 Å². The third-order valence-corrected chi connectivity index (χ3v) is 2.96. The standard InChI is InChI=1S/C15H18FNO/c1-3-17-15(13-8-11(2)18-10-13)9-12-4-6-14(16)7-5-12/h4-8,10,15,17H,3,9H2,1-2H3. The average Bonchev–Trinajstić information content (AvgIpc) is 2.78. The minimum atomic E-state index is -0.196. The lowest BCUT2D eigenvalue weighted by Crippen LogP contribution is -2.22. The van der Waals surface area contributed by atoms with Gasteiger partial charge in [-0.2, -0.15) is 0 Å². The zero-order valence-electron chi connectivity index (χ0n) is 10.7. The van der Waals surface area contributed by atoms with Gasteiger partial charge in [-0.1, -0.05) is 19.1 Å². The number of nitrogens with one attached hydrogen (secondary N) is 1. The van der Waals surface area contributed by atoms with E-state index in [1.54, 1.807) is 6.26 Å². The summed E-state index contributed by atoms with van der Waals surface area (Å²) in [5, 5.41) is 3.42. The fraction of sp³-hybridized carbons (Fsp3) is 0.333. The van der Waals surface area contributed by atoms with Crippen LogP contribution in [0.1, 0.15) is 29.9 Å². The van der Waals surface area contributed by atoms with Crippen LogP contribution in [0.5, 0.6) is 0 Å². The third-order valence-electron chi connectivity index (χ3n) is 2.96. The second kappa shape index (κ2) is 5.83. The van der Waals surface area contributed by atoms with E-state index in [-0.39, 0.29) is 11.9 Å². The van der Waals surface area contributed by atoms with Crippen LogP contribution in [0.4, 0.5) is 4.39 Å². The van der Waals surface area contributed by atoms with E-state index in [0.717, 1.165) is 29.9 Å². The largest absolute Gasteiger partial charge is 0.469 e. The number of hydrogen-bond donors (Lipinski definition) is 1.